The molecule has 5 heterocycles. The second-order valence-electron chi connectivity index (χ2n) is 13.7. The largest absolute Gasteiger partial charge is 0.316 e. The fourth-order valence-electron chi connectivity index (χ4n) is 6.91. The molecule has 4 aromatic carbocycles. The van der Waals surface area contributed by atoms with Gasteiger partial charge in [-0.25, -0.2) is 18.5 Å². The highest BCUT2D eigenvalue weighted by Crippen LogP contribution is 2.35. The van der Waals surface area contributed by atoms with E-state index < -0.39 is 68.7 Å². The highest BCUT2D eigenvalue weighted by Gasteiger charge is 2.27. The third-order valence-electron chi connectivity index (χ3n) is 9.68. The lowest BCUT2D eigenvalue weighted by Crippen LogP contribution is -2.32. The number of nitrogens with two attached hydrogens (primary N) is 1. The molecule has 4 aromatic heterocycles. The van der Waals surface area contributed by atoms with E-state index in [4.69, 9.17) is 5.14 Å². The summed E-state index contributed by atoms with van der Waals surface area (Å²) in [5, 5.41) is 38.5. The van der Waals surface area contributed by atoms with E-state index in [1.807, 2.05) is 11.9 Å². The van der Waals surface area contributed by atoms with Crippen molar-refractivity contribution in [3.05, 3.63) is 165 Å². The zero-order valence-electron chi connectivity index (χ0n) is 32.2. The van der Waals surface area contributed by atoms with Crippen molar-refractivity contribution in [2.45, 2.75) is 17.9 Å². The standard InChI is InChI=1S/C12H8N4O6S.C12H12N4O4.C11H7N5O4.ClH/c13-23(21,22)8-3-1-2-5-9(8)7(16(19)20)4-6-10(5)15-12(18)11(17)14-6;1-15-3-2-6-7(5-15)10-8(4-9(6)16(19)20)13-11(17)12(18)14-10;17-10-11(18)14-7-4-9(16(19)20)8(3-6(7)13-10)15-2-1-12-5-15;/h1-4H,(H,14,17)(H,15,18)(H2,13,21,22);4H,2-3,5H2,1H3,(H,13,17)(H,14,18);1-5H,(H,13,17)(H,14,18);1H. The highest BCUT2D eigenvalue weighted by molar-refractivity contribution is 7.89. The molecule has 9 rings (SSSR count). The van der Waals surface area contributed by atoms with Gasteiger partial charge in [-0.05, 0) is 25.6 Å². The first kappa shape index (κ1) is 45.1. The number of likely N-dealkylation sites (N-methyl/N-ethyl adjacent to an activating group) is 1. The summed E-state index contributed by atoms with van der Waals surface area (Å²) in [6.07, 6.45) is 4.96. The molecule has 8 N–H and O–H groups in total. The fourth-order valence-corrected chi connectivity index (χ4v) is 7.68. The molecule has 1 aliphatic rings. The van der Waals surface area contributed by atoms with E-state index in [0.717, 1.165) is 12.1 Å². The lowest BCUT2D eigenvalue weighted by Gasteiger charge is -2.25. The van der Waals surface area contributed by atoms with Crippen LogP contribution in [0.5, 0.6) is 0 Å². The Morgan fingerprint density at radius 2 is 1.17 bits per heavy atom. The first-order valence-corrected chi connectivity index (χ1v) is 19.2. The molecule has 1 aliphatic heterocycles. The molecule has 64 heavy (non-hydrogen) atoms. The van der Waals surface area contributed by atoms with Crippen LogP contribution in [0.3, 0.4) is 0 Å². The van der Waals surface area contributed by atoms with Crippen molar-refractivity contribution in [3.8, 4) is 5.69 Å². The Morgan fingerprint density at radius 1 is 0.672 bits per heavy atom. The third kappa shape index (κ3) is 8.54. The molecule has 0 bridgehead atoms. The second kappa shape index (κ2) is 17.1. The van der Waals surface area contributed by atoms with E-state index >= 15 is 0 Å². The molecule has 29 heteroatoms. The van der Waals surface area contributed by atoms with Gasteiger partial charge in [-0.3, -0.25) is 59.1 Å². The number of rotatable bonds is 5. The third-order valence-corrected chi connectivity index (χ3v) is 10.6. The summed E-state index contributed by atoms with van der Waals surface area (Å²) in [5.41, 5.74) is -3.07. The van der Waals surface area contributed by atoms with E-state index in [1.54, 1.807) is 0 Å². The SMILES string of the molecule is CN1CCc2c([N+](=O)[O-])cc3[nH]c(=O)c(=O)[nH]c3c2C1.Cl.NS(=O)(=O)c1cccc2c1c([N+](=O)[O-])cc1[nH]c(=O)c(=O)[nH]c12.O=c1[nH]c2cc(-n3ccnc3)c([N+](=O)[O-])cc2[nH]c1=O. The Morgan fingerprint density at radius 3 is 1.72 bits per heavy atom. The van der Waals surface area contributed by atoms with E-state index in [9.17, 15) is 67.5 Å². The van der Waals surface area contributed by atoms with E-state index in [1.165, 1.54) is 53.6 Å². The molecule has 0 unspecified atom stereocenters. The van der Waals surface area contributed by atoms with Crippen molar-refractivity contribution in [2.24, 2.45) is 5.14 Å². The quantitative estimate of drug-likeness (QED) is 0.0542. The molecule has 0 amide bonds. The lowest BCUT2D eigenvalue weighted by atomic mass is 9.96. The van der Waals surface area contributed by atoms with Crippen molar-refractivity contribution >= 4 is 83.4 Å². The number of non-ortho nitro benzene ring substituents is 1. The molecule has 0 radical (unpaired) electrons. The number of nitro groups is 3. The van der Waals surface area contributed by atoms with Crippen molar-refractivity contribution in [1.82, 2.24) is 44.4 Å². The van der Waals surface area contributed by atoms with Crippen LogP contribution in [0.2, 0.25) is 0 Å². The van der Waals surface area contributed by atoms with Gasteiger partial charge in [0.05, 0.1) is 64.5 Å². The molecule has 0 saturated heterocycles. The van der Waals surface area contributed by atoms with Gasteiger partial charge in [0, 0.05) is 60.2 Å². The number of aromatic amines is 6. The highest BCUT2D eigenvalue weighted by atomic mass is 35.5. The molecule has 8 aromatic rings. The number of hydrogen-bond acceptors (Lipinski definition) is 16. The number of imidazole rings is 1. The number of primary sulfonamides is 1. The minimum atomic E-state index is -4.24. The number of benzene rings is 4. The van der Waals surface area contributed by atoms with Gasteiger partial charge in [0.1, 0.15) is 5.69 Å². The maximum absolute atomic E-state index is 11.7. The molecule has 0 saturated carbocycles. The zero-order chi connectivity index (χ0) is 45.7. The first-order valence-electron chi connectivity index (χ1n) is 17.7. The Kier molecular flexibility index (Phi) is 12.1. The van der Waals surface area contributed by atoms with Crippen LogP contribution in [0.15, 0.2) is 94.8 Å². The average molecular weight is 922 g/mol. The number of fused-ring (bicyclic) bond motifs is 7. The predicted octanol–water partition coefficient (Wildman–Crippen LogP) is 0.770. The van der Waals surface area contributed by atoms with E-state index in [2.05, 4.69) is 34.9 Å². The van der Waals surface area contributed by atoms with E-state index in [-0.39, 0.29) is 62.3 Å². The summed E-state index contributed by atoms with van der Waals surface area (Å²) in [4.78, 5) is 120. The molecule has 0 fully saturated rings. The number of sulfonamides is 1. The van der Waals surface area contributed by atoms with Gasteiger partial charge in [-0.1, -0.05) is 12.1 Å². The van der Waals surface area contributed by atoms with Gasteiger partial charge >= 0.3 is 33.4 Å². The zero-order valence-corrected chi connectivity index (χ0v) is 33.8. The van der Waals surface area contributed by atoms with Gasteiger partial charge in [-0.2, -0.15) is 0 Å². The van der Waals surface area contributed by atoms with Crippen molar-refractivity contribution in [3.63, 3.8) is 0 Å². The average Bonchev–Trinajstić information content (AvgIpc) is 3.76. The van der Waals surface area contributed by atoms with Crippen LogP contribution in [0.1, 0.15) is 11.1 Å². The molecule has 0 atom stereocenters. The Bertz CT molecular complexity index is 3750. The van der Waals surface area contributed by atoms with Crippen LogP contribution in [-0.4, -0.2) is 81.1 Å². The molecular formula is C35H28ClN13O14S. The summed E-state index contributed by atoms with van der Waals surface area (Å²) in [6, 6.07) is 8.73. The number of aromatic nitrogens is 8. The topological polar surface area (TPSA) is 408 Å². The first-order chi connectivity index (χ1) is 29.7. The summed E-state index contributed by atoms with van der Waals surface area (Å²) in [6.45, 7) is 1.21. The van der Waals surface area contributed by atoms with Crippen LogP contribution in [0, 0.1) is 30.3 Å². The Labute approximate surface area is 357 Å². The van der Waals surface area contributed by atoms with Crippen LogP contribution in [0.25, 0.3) is 49.6 Å². The van der Waals surface area contributed by atoms with Crippen molar-refractivity contribution < 1.29 is 23.2 Å². The summed E-state index contributed by atoms with van der Waals surface area (Å²) in [5.74, 6) is 0. The number of nitro benzene ring substituents is 3. The Balaban J connectivity index is 0.000000159. The fraction of sp³-hybridized carbons (Fsp3) is 0.114. The number of halogens is 1. The van der Waals surface area contributed by atoms with Crippen LogP contribution in [0.4, 0.5) is 17.1 Å². The minimum absolute atomic E-state index is 0. The molecule has 330 valence electrons. The monoisotopic (exact) mass is 921 g/mol. The van der Waals surface area contributed by atoms with Crippen LogP contribution in [-0.2, 0) is 23.0 Å². The normalized spacial score (nSPS) is 12.4. The maximum atomic E-state index is 11.7. The second-order valence-corrected chi connectivity index (χ2v) is 15.2. The molecular weight excluding hydrogens is 894 g/mol. The van der Waals surface area contributed by atoms with Crippen LogP contribution < -0.4 is 38.5 Å². The number of nitrogens with zero attached hydrogens (tertiary/aromatic N) is 6. The van der Waals surface area contributed by atoms with Gasteiger partial charge in [0.15, 0.2) is 0 Å². The smallest absolute Gasteiger partial charge is 0.314 e. The molecule has 0 aliphatic carbocycles. The molecule has 27 nitrogen and oxygen atoms in total. The predicted molar refractivity (Wildman–Crippen MR) is 229 cm³/mol. The summed E-state index contributed by atoms with van der Waals surface area (Å²) in [7, 11) is -2.34. The number of nitrogens with one attached hydrogen (secondary N) is 6. The van der Waals surface area contributed by atoms with Crippen LogP contribution >= 0.6 is 12.4 Å². The number of hydrogen-bond donors (Lipinski definition) is 7. The summed E-state index contributed by atoms with van der Waals surface area (Å²) < 4.78 is 24.9. The van der Waals surface area contributed by atoms with Gasteiger partial charge < -0.3 is 39.4 Å². The number of H-pyrrole nitrogens is 6. The van der Waals surface area contributed by atoms with Gasteiger partial charge in [0.2, 0.25) is 10.0 Å². The Hall–Kier alpha value is -8.47. The van der Waals surface area contributed by atoms with Crippen molar-refractivity contribution in [2.75, 3.05) is 13.6 Å². The maximum Gasteiger partial charge on any atom is 0.314 e. The minimum Gasteiger partial charge on any atom is -0.316 e. The van der Waals surface area contributed by atoms with E-state index in [0.29, 0.717) is 41.7 Å². The lowest BCUT2D eigenvalue weighted by molar-refractivity contribution is -0.385. The van der Waals surface area contributed by atoms with Gasteiger partial charge in [0.25, 0.3) is 17.1 Å². The van der Waals surface area contributed by atoms with Crippen molar-refractivity contribution in [1.29, 1.82) is 0 Å². The summed E-state index contributed by atoms with van der Waals surface area (Å²) >= 11 is 0. The molecule has 0 spiro atoms. The van der Waals surface area contributed by atoms with Gasteiger partial charge in [-0.15, -0.1) is 12.4 Å².